The quantitative estimate of drug-likeness (QED) is 0.363. The lowest BCUT2D eigenvalue weighted by Crippen LogP contribution is -2.08. The number of aldehydes is 1. The van der Waals surface area contributed by atoms with E-state index in [0.29, 0.717) is 32.2 Å². The minimum atomic E-state index is -0.560. The molecule has 0 spiro atoms. The Balaban J connectivity index is 3.28. The summed E-state index contributed by atoms with van der Waals surface area (Å²) < 4.78 is 4.74. The van der Waals surface area contributed by atoms with Crippen LogP contribution in [-0.4, -0.2) is 30.1 Å². The van der Waals surface area contributed by atoms with E-state index in [0.717, 1.165) is 6.42 Å². The van der Waals surface area contributed by atoms with Crippen LogP contribution in [0.1, 0.15) is 39.0 Å². The molecule has 1 atom stereocenters. The molecule has 0 heterocycles. The van der Waals surface area contributed by atoms with Crippen molar-refractivity contribution in [3.8, 4) is 0 Å². The van der Waals surface area contributed by atoms with Crippen LogP contribution in [0.25, 0.3) is 0 Å². The molecule has 4 heteroatoms. The lowest BCUT2D eigenvalue weighted by atomic mass is 10.1. The fourth-order valence-electron chi connectivity index (χ4n) is 1.11. The van der Waals surface area contributed by atoms with Crippen LogP contribution in [0.5, 0.6) is 0 Å². The molecule has 0 aromatic rings. The van der Waals surface area contributed by atoms with Crippen molar-refractivity contribution in [1.82, 2.24) is 0 Å². The van der Waals surface area contributed by atoms with E-state index in [1.807, 2.05) is 0 Å². The van der Waals surface area contributed by atoms with E-state index in [9.17, 15) is 14.7 Å². The summed E-state index contributed by atoms with van der Waals surface area (Å²) in [5, 5.41) is 9.17. The smallest absolute Gasteiger partial charge is 0.305 e. The van der Waals surface area contributed by atoms with Crippen molar-refractivity contribution in [2.24, 2.45) is 0 Å². The summed E-state index contributed by atoms with van der Waals surface area (Å²) in [6.45, 7) is 2.18. The molecule has 0 aromatic heterocycles. The van der Waals surface area contributed by atoms with Crippen molar-refractivity contribution in [3.05, 3.63) is 0 Å². The molecule has 0 rings (SSSR count). The molecule has 1 unspecified atom stereocenters. The Kier molecular flexibility index (Phi) is 8.13. The van der Waals surface area contributed by atoms with Crippen LogP contribution in [0.2, 0.25) is 0 Å². The van der Waals surface area contributed by atoms with Gasteiger partial charge in [-0.2, -0.15) is 0 Å². The number of aliphatic hydroxyl groups excluding tert-OH is 1. The Labute approximate surface area is 84.3 Å². The third-order valence-corrected chi connectivity index (χ3v) is 1.84. The maximum absolute atomic E-state index is 10.9. The normalized spacial score (nSPS) is 12.1. The molecule has 0 aliphatic rings. The molecule has 0 radical (unpaired) electrons. The van der Waals surface area contributed by atoms with E-state index in [4.69, 9.17) is 4.74 Å². The predicted molar refractivity (Wildman–Crippen MR) is 51.8 cm³/mol. The van der Waals surface area contributed by atoms with Gasteiger partial charge in [-0.25, -0.2) is 0 Å². The van der Waals surface area contributed by atoms with Crippen molar-refractivity contribution in [2.45, 2.75) is 45.1 Å². The average Bonchev–Trinajstić information content (AvgIpc) is 2.13. The third-order valence-electron chi connectivity index (χ3n) is 1.84. The number of ether oxygens (including phenoxy) is 1. The molecule has 0 saturated carbocycles. The van der Waals surface area contributed by atoms with Gasteiger partial charge in [-0.1, -0.05) is 6.42 Å². The highest BCUT2D eigenvalue weighted by atomic mass is 16.5. The zero-order valence-electron chi connectivity index (χ0n) is 8.57. The van der Waals surface area contributed by atoms with Crippen molar-refractivity contribution in [2.75, 3.05) is 6.61 Å². The second kappa shape index (κ2) is 8.69. The molecule has 1 N–H and O–H groups in total. The molecule has 0 saturated heterocycles. The first-order valence-electron chi connectivity index (χ1n) is 4.98. The number of carbonyl (C=O) groups is 2. The number of unbranched alkanes of at least 4 members (excludes halogenated alkanes) is 1. The Hall–Kier alpha value is -0.900. The Morgan fingerprint density at radius 3 is 2.79 bits per heavy atom. The highest BCUT2D eigenvalue weighted by Gasteiger charge is 2.04. The first-order chi connectivity index (χ1) is 6.70. The number of hydrogen-bond donors (Lipinski definition) is 1. The van der Waals surface area contributed by atoms with Gasteiger partial charge in [-0.05, 0) is 19.8 Å². The monoisotopic (exact) mass is 202 g/mol. The van der Waals surface area contributed by atoms with Crippen LogP contribution in [0, 0.1) is 0 Å². The molecule has 14 heavy (non-hydrogen) atoms. The summed E-state index contributed by atoms with van der Waals surface area (Å²) in [6, 6.07) is 0. The number of hydrogen-bond acceptors (Lipinski definition) is 4. The van der Waals surface area contributed by atoms with Gasteiger partial charge in [-0.3, -0.25) is 4.79 Å². The van der Waals surface area contributed by atoms with Crippen molar-refractivity contribution in [3.63, 3.8) is 0 Å². The van der Waals surface area contributed by atoms with Gasteiger partial charge in [-0.15, -0.1) is 0 Å². The average molecular weight is 202 g/mol. The van der Waals surface area contributed by atoms with Gasteiger partial charge < -0.3 is 14.6 Å². The second-order valence-corrected chi connectivity index (χ2v) is 3.11. The summed E-state index contributed by atoms with van der Waals surface area (Å²) in [7, 11) is 0. The molecule has 0 fully saturated rings. The van der Waals surface area contributed by atoms with Gasteiger partial charge in [0.15, 0.2) is 0 Å². The zero-order valence-corrected chi connectivity index (χ0v) is 8.57. The van der Waals surface area contributed by atoms with Gasteiger partial charge in [0.2, 0.25) is 0 Å². The highest BCUT2D eigenvalue weighted by Crippen LogP contribution is 2.06. The van der Waals surface area contributed by atoms with E-state index in [1.54, 1.807) is 6.92 Å². The van der Waals surface area contributed by atoms with Crippen LogP contribution < -0.4 is 0 Å². The molecule has 82 valence electrons. The summed E-state index contributed by atoms with van der Waals surface area (Å²) in [5.74, 6) is -0.197. The second-order valence-electron chi connectivity index (χ2n) is 3.11. The van der Waals surface area contributed by atoms with Crippen LogP contribution in [-0.2, 0) is 14.3 Å². The number of carbonyl (C=O) groups excluding carboxylic acids is 2. The molecular weight excluding hydrogens is 184 g/mol. The summed E-state index contributed by atoms with van der Waals surface area (Å²) in [5.41, 5.74) is 0. The minimum absolute atomic E-state index is 0.180. The van der Waals surface area contributed by atoms with E-state index in [-0.39, 0.29) is 12.4 Å². The fraction of sp³-hybridized carbons (Fsp3) is 0.800. The maximum Gasteiger partial charge on any atom is 0.305 e. The third kappa shape index (κ3) is 7.73. The number of rotatable bonds is 8. The first kappa shape index (κ1) is 13.1. The molecule has 0 bridgehead atoms. The Bertz CT molecular complexity index is 168. The highest BCUT2D eigenvalue weighted by molar-refractivity contribution is 5.69. The predicted octanol–water partition coefficient (Wildman–Crippen LogP) is 1.06. The van der Waals surface area contributed by atoms with Crippen LogP contribution in [0.4, 0.5) is 0 Å². The van der Waals surface area contributed by atoms with Crippen molar-refractivity contribution >= 4 is 12.3 Å². The van der Waals surface area contributed by atoms with E-state index < -0.39 is 6.10 Å². The molecule has 0 aromatic carbocycles. The van der Waals surface area contributed by atoms with Crippen molar-refractivity contribution in [1.29, 1.82) is 0 Å². The van der Waals surface area contributed by atoms with E-state index in [2.05, 4.69) is 0 Å². The fourth-order valence-corrected chi connectivity index (χ4v) is 1.11. The molecule has 4 nitrogen and oxygen atoms in total. The topological polar surface area (TPSA) is 63.6 Å². The molecular formula is C10H18O4. The largest absolute Gasteiger partial charge is 0.466 e. The number of esters is 1. The van der Waals surface area contributed by atoms with Crippen LogP contribution >= 0.6 is 0 Å². The van der Waals surface area contributed by atoms with Gasteiger partial charge in [0.05, 0.1) is 12.7 Å². The van der Waals surface area contributed by atoms with E-state index >= 15 is 0 Å². The molecule has 0 aliphatic carbocycles. The molecule has 0 amide bonds. The van der Waals surface area contributed by atoms with Gasteiger partial charge >= 0.3 is 5.97 Å². The Morgan fingerprint density at radius 1 is 1.50 bits per heavy atom. The summed E-state index contributed by atoms with van der Waals surface area (Å²) in [4.78, 5) is 20.9. The maximum atomic E-state index is 10.9. The van der Waals surface area contributed by atoms with Crippen LogP contribution in [0.15, 0.2) is 0 Å². The minimum Gasteiger partial charge on any atom is -0.466 e. The van der Waals surface area contributed by atoms with Crippen LogP contribution in [0.3, 0.4) is 0 Å². The number of aliphatic hydroxyl groups is 1. The zero-order chi connectivity index (χ0) is 10.8. The molecule has 0 aliphatic heterocycles. The lowest BCUT2D eigenvalue weighted by molar-refractivity contribution is -0.143. The van der Waals surface area contributed by atoms with Gasteiger partial charge in [0.25, 0.3) is 0 Å². The standard InChI is InChI=1S/C10H18O4/c1-2-14-10(13)6-4-3-5-9(12)7-8-11/h8-9,12H,2-7H2,1H3. The first-order valence-corrected chi connectivity index (χ1v) is 4.98. The Morgan fingerprint density at radius 2 is 2.21 bits per heavy atom. The lowest BCUT2D eigenvalue weighted by Gasteiger charge is -2.05. The van der Waals surface area contributed by atoms with Gasteiger partial charge in [0.1, 0.15) is 6.29 Å². The van der Waals surface area contributed by atoms with Gasteiger partial charge in [0, 0.05) is 12.8 Å². The SMILES string of the molecule is CCOC(=O)CCCCC(O)CC=O. The summed E-state index contributed by atoms with van der Waals surface area (Å²) in [6.07, 6.45) is 2.73. The van der Waals surface area contributed by atoms with Crippen molar-refractivity contribution < 1.29 is 19.4 Å². The summed E-state index contributed by atoms with van der Waals surface area (Å²) >= 11 is 0. The van der Waals surface area contributed by atoms with E-state index in [1.165, 1.54) is 0 Å².